The largest absolute Gasteiger partial charge is 0.382 e. The molecule has 0 radical (unpaired) electrons. The molecule has 2 N–H and O–H groups in total. The first kappa shape index (κ1) is 17.4. The van der Waals surface area contributed by atoms with Crippen LogP contribution in [0.5, 0.6) is 0 Å². The molecule has 0 amide bonds. The van der Waals surface area contributed by atoms with Crippen LogP contribution >= 0.6 is 0 Å². The number of benzene rings is 1. The molecule has 2 aromatic heterocycles. The van der Waals surface area contributed by atoms with E-state index in [9.17, 15) is 4.79 Å². The SMILES string of the molecule is C=C(C)c1nn(C)c(N)c1/N=N/c1c(C)n(C)n(-c2ccccc2)c1=O. The van der Waals surface area contributed by atoms with Gasteiger partial charge in [0, 0.05) is 14.1 Å². The molecule has 0 aliphatic rings. The number of rotatable bonds is 4. The van der Waals surface area contributed by atoms with E-state index in [2.05, 4.69) is 21.9 Å². The average Bonchev–Trinajstić information content (AvgIpc) is 3.02. The molecule has 1 aromatic carbocycles. The van der Waals surface area contributed by atoms with Gasteiger partial charge in [0.05, 0.1) is 11.4 Å². The van der Waals surface area contributed by atoms with E-state index in [1.165, 1.54) is 4.68 Å². The summed E-state index contributed by atoms with van der Waals surface area (Å²) >= 11 is 0. The van der Waals surface area contributed by atoms with E-state index >= 15 is 0 Å². The Morgan fingerprint density at radius 3 is 2.38 bits per heavy atom. The highest BCUT2D eigenvalue weighted by molar-refractivity contribution is 5.76. The molecule has 0 aliphatic carbocycles. The number of para-hydroxylation sites is 1. The van der Waals surface area contributed by atoms with Gasteiger partial charge >= 0.3 is 0 Å². The van der Waals surface area contributed by atoms with Gasteiger partial charge < -0.3 is 5.73 Å². The van der Waals surface area contributed by atoms with Crippen LogP contribution in [-0.2, 0) is 14.1 Å². The van der Waals surface area contributed by atoms with E-state index in [0.717, 1.165) is 11.3 Å². The van der Waals surface area contributed by atoms with E-state index in [4.69, 9.17) is 5.73 Å². The zero-order valence-corrected chi connectivity index (χ0v) is 15.3. The molecule has 0 fully saturated rings. The molecule has 8 heteroatoms. The quantitative estimate of drug-likeness (QED) is 0.731. The second-order valence-corrected chi connectivity index (χ2v) is 6.10. The second-order valence-electron chi connectivity index (χ2n) is 6.10. The molecule has 3 rings (SSSR count). The van der Waals surface area contributed by atoms with Crippen LogP contribution < -0.4 is 11.3 Å². The molecule has 0 bridgehead atoms. The summed E-state index contributed by atoms with van der Waals surface area (Å²) in [4.78, 5) is 12.9. The number of anilines is 1. The van der Waals surface area contributed by atoms with Gasteiger partial charge in [0.25, 0.3) is 5.56 Å². The number of aromatic nitrogens is 4. The number of allylic oxidation sites excluding steroid dienone is 1. The highest BCUT2D eigenvalue weighted by Gasteiger charge is 2.18. The molecular formula is C18H21N7O. The maximum absolute atomic E-state index is 12.9. The zero-order valence-electron chi connectivity index (χ0n) is 15.3. The third kappa shape index (κ3) is 2.75. The van der Waals surface area contributed by atoms with Crippen molar-refractivity contribution in [2.75, 3.05) is 5.73 Å². The van der Waals surface area contributed by atoms with Gasteiger partial charge in [0.1, 0.15) is 11.5 Å². The fourth-order valence-electron chi connectivity index (χ4n) is 2.68. The van der Waals surface area contributed by atoms with Crippen molar-refractivity contribution in [2.45, 2.75) is 13.8 Å². The zero-order chi connectivity index (χ0) is 19.0. The average molecular weight is 351 g/mol. The molecule has 0 spiro atoms. The number of nitrogens with two attached hydrogens (primary N) is 1. The van der Waals surface area contributed by atoms with Crippen LogP contribution in [0.3, 0.4) is 0 Å². The Hall–Kier alpha value is -3.42. The minimum Gasteiger partial charge on any atom is -0.382 e. The molecule has 134 valence electrons. The topological polar surface area (TPSA) is 95.5 Å². The van der Waals surface area contributed by atoms with Crippen LogP contribution in [0.4, 0.5) is 17.2 Å². The van der Waals surface area contributed by atoms with Gasteiger partial charge in [0.2, 0.25) is 0 Å². The Kier molecular flexibility index (Phi) is 4.33. The molecule has 3 aromatic rings. The first-order chi connectivity index (χ1) is 12.3. The van der Waals surface area contributed by atoms with Crippen LogP contribution in [0, 0.1) is 6.92 Å². The molecule has 8 nitrogen and oxygen atoms in total. The monoisotopic (exact) mass is 351 g/mol. The van der Waals surface area contributed by atoms with E-state index in [1.807, 2.05) is 44.2 Å². The van der Waals surface area contributed by atoms with Crippen molar-refractivity contribution in [2.24, 2.45) is 24.3 Å². The smallest absolute Gasteiger partial charge is 0.299 e. The van der Waals surface area contributed by atoms with Crippen molar-refractivity contribution in [1.29, 1.82) is 0 Å². The fraction of sp³-hybridized carbons (Fsp3) is 0.222. The summed E-state index contributed by atoms with van der Waals surface area (Å²) in [5, 5.41) is 12.7. The predicted octanol–water partition coefficient (Wildman–Crippen LogP) is 3.25. The Bertz CT molecular complexity index is 1070. The highest BCUT2D eigenvalue weighted by atomic mass is 16.1. The summed E-state index contributed by atoms with van der Waals surface area (Å²) in [5.74, 6) is 0.365. The van der Waals surface area contributed by atoms with Crippen molar-refractivity contribution in [3.63, 3.8) is 0 Å². The van der Waals surface area contributed by atoms with Crippen molar-refractivity contribution in [3.05, 3.63) is 58.7 Å². The van der Waals surface area contributed by atoms with Gasteiger partial charge in [-0.05, 0) is 31.6 Å². The van der Waals surface area contributed by atoms with E-state index in [0.29, 0.717) is 22.9 Å². The number of nitrogen functional groups attached to an aromatic ring is 1. The minimum absolute atomic E-state index is 0.251. The molecule has 0 unspecified atom stereocenters. The lowest BCUT2D eigenvalue weighted by Gasteiger charge is -2.07. The maximum Gasteiger partial charge on any atom is 0.299 e. The lowest BCUT2D eigenvalue weighted by molar-refractivity contribution is 0.630. The van der Waals surface area contributed by atoms with Gasteiger partial charge in [-0.15, -0.1) is 10.2 Å². The molecular weight excluding hydrogens is 330 g/mol. The van der Waals surface area contributed by atoms with E-state index in [1.54, 1.807) is 23.5 Å². The van der Waals surface area contributed by atoms with Crippen LogP contribution in [0.2, 0.25) is 0 Å². The number of azo groups is 1. The fourth-order valence-corrected chi connectivity index (χ4v) is 2.68. The van der Waals surface area contributed by atoms with Crippen LogP contribution in [0.1, 0.15) is 18.3 Å². The molecule has 0 saturated heterocycles. The first-order valence-electron chi connectivity index (χ1n) is 8.07. The molecule has 0 aliphatic heterocycles. The molecule has 2 heterocycles. The maximum atomic E-state index is 12.9. The predicted molar refractivity (Wildman–Crippen MR) is 102 cm³/mol. The lowest BCUT2D eigenvalue weighted by Crippen LogP contribution is -2.19. The third-order valence-electron chi connectivity index (χ3n) is 4.24. The van der Waals surface area contributed by atoms with E-state index < -0.39 is 0 Å². The molecule has 26 heavy (non-hydrogen) atoms. The van der Waals surface area contributed by atoms with Crippen molar-refractivity contribution >= 4 is 22.8 Å². The summed E-state index contributed by atoms with van der Waals surface area (Å²) in [6.45, 7) is 7.52. The Morgan fingerprint density at radius 2 is 1.77 bits per heavy atom. The van der Waals surface area contributed by atoms with Crippen LogP contribution in [0.25, 0.3) is 11.3 Å². The van der Waals surface area contributed by atoms with Gasteiger partial charge in [-0.25, -0.2) is 4.68 Å². The minimum atomic E-state index is -0.251. The molecule has 0 saturated carbocycles. The van der Waals surface area contributed by atoms with Crippen LogP contribution in [-0.4, -0.2) is 19.1 Å². The number of aryl methyl sites for hydroxylation is 1. The van der Waals surface area contributed by atoms with Gasteiger partial charge in [-0.1, -0.05) is 24.8 Å². The Balaban J connectivity index is 2.12. The van der Waals surface area contributed by atoms with Crippen molar-refractivity contribution < 1.29 is 0 Å². The Morgan fingerprint density at radius 1 is 1.15 bits per heavy atom. The third-order valence-corrected chi connectivity index (χ3v) is 4.24. The van der Waals surface area contributed by atoms with Crippen LogP contribution in [0.15, 0.2) is 51.9 Å². The number of hydrogen-bond donors (Lipinski definition) is 1. The standard InChI is InChI=1S/C18H21N7O/c1-11(2)14-16(17(19)23(4)22-14)21-20-15-12(3)24(5)25(18(15)26)13-9-7-6-8-10-13/h6-10H,1,19H2,2-5H3/b21-20+. The normalized spacial score (nSPS) is 11.4. The number of nitrogens with zero attached hydrogens (tertiary/aromatic N) is 6. The molecule has 0 atom stereocenters. The van der Waals surface area contributed by atoms with Gasteiger partial charge in [-0.2, -0.15) is 5.10 Å². The summed E-state index contributed by atoms with van der Waals surface area (Å²) in [6, 6.07) is 9.37. The van der Waals surface area contributed by atoms with E-state index in [-0.39, 0.29) is 11.2 Å². The Labute approximate surface area is 150 Å². The summed E-state index contributed by atoms with van der Waals surface area (Å²) in [6.07, 6.45) is 0. The summed E-state index contributed by atoms with van der Waals surface area (Å²) in [7, 11) is 3.53. The number of hydrogen-bond acceptors (Lipinski definition) is 5. The summed E-state index contributed by atoms with van der Waals surface area (Å²) < 4.78 is 4.81. The summed E-state index contributed by atoms with van der Waals surface area (Å²) in [5.41, 5.74) is 9.18. The second kappa shape index (κ2) is 6.47. The first-order valence-corrected chi connectivity index (χ1v) is 8.07. The van der Waals surface area contributed by atoms with Gasteiger partial charge in [0.15, 0.2) is 11.4 Å². The van der Waals surface area contributed by atoms with Crippen molar-refractivity contribution in [3.8, 4) is 5.69 Å². The van der Waals surface area contributed by atoms with Crippen molar-refractivity contribution in [1.82, 2.24) is 19.1 Å². The van der Waals surface area contributed by atoms with Gasteiger partial charge in [-0.3, -0.25) is 14.2 Å². The highest BCUT2D eigenvalue weighted by Crippen LogP contribution is 2.32. The lowest BCUT2D eigenvalue weighted by atomic mass is 10.2.